The molecule has 3 rings (SSSR count). The highest BCUT2D eigenvalue weighted by molar-refractivity contribution is 6.30. The van der Waals surface area contributed by atoms with Crippen molar-refractivity contribution in [2.24, 2.45) is 5.10 Å². The number of nitrogens with one attached hydrogen (secondary N) is 1. The van der Waals surface area contributed by atoms with Gasteiger partial charge in [-0.25, -0.2) is 5.43 Å². The molecule has 0 atom stereocenters. The molecule has 0 fully saturated rings. The van der Waals surface area contributed by atoms with Gasteiger partial charge in [-0.15, -0.1) is 0 Å². The Balaban J connectivity index is 1.53. The average molecular weight is 395 g/mol. The van der Waals surface area contributed by atoms with Gasteiger partial charge in [0.1, 0.15) is 18.1 Å². The van der Waals surface area contributed by atoms with Crippen LogP contribution in [-0.2, 0) is 6.61 Å². The molecule has 0 unspecified atom stereocenters. The maximum atomic E-state index is 12.2. The molecule has 0 spiro atoms. The molecule has 0 aliphatic heterocycles. The van der Waals surface area contributed by atoms with Crippen molar-refractivity contribution in [2.45, 2.75) is 6.61 Å². The first-order valence-electron chi connectivity index (χ1n) is 8.59. The Morgan fingerprint density at radius 2 is 1.75 bits per heavy atom. The summed E-state index contributed by atoms with van der Waals surface area (Å²) in [5.41, 5.74) is 4.79. The maximum absolute atomic E-state index is 12.2. The van der Waals surface area contributed by atoms with Crippen LogP contribution >= 0.6 is 11.6 Å². The summed E-state index contributed by atoms with van der Waals surface area (Å²) in [4.78, 5) is 12.2. The number of halogens is 1. The topological polar surface area (TPSA) is 59.9 Å². The lowest BCUT2D eigenvalue weighted by Crippen LogP contribution is -2.18. The number of carbonyl (C=O) groups excluding carboxylic acids is 1. The lowest BCUT2D eigenvalue weighted by Gasteiger charge is -2.07. The maximum Gasteiger partial charge on any atom is 0.275 e. The fourth-order valence-corrected chi connectivity index (χ4v) is 2.58. The van der Waals surface area contributed by atoms with Crippen LogP contribution in [0, 0.1) is 0 Å². The van der Waals surface area contributed by atoms with Gasteiger partial charge in [-0.1, -0.05) is 35.9 Å². The molecule has 0 aliphatic carbocycles. The number of methoxy groups -OCH3 is 1. The van der Waals surface area contributed by atoms with Crippen molar-refractivity contribution in [3.8, 4) is 11.5 Å². The van der Waals surface area contributed by atoms with Gasteiger partial charge in [0.2, 0.25) is 0 Å². The lowest BCUT2D eigenvalue weighted by molar-refractivity contribution is 0.0952. The van der Waals surface area contributed by atoms with Crippen LogP contribution in [0.1, 0.15) is 21.5 Å². The van der Waals surface area contributed by atoms with E-state index < -0.39 is 0 Å². The second kappa shape index (κ2) is 9.58. The van der Waals surface area contributed by atoms with Crippen molar-refractivity contribution in [1.82, 2.24) is 5.43 Å². The first kappa shape index (κ1) is 19.5. The zero-order valence-electron chi connectivity index (χ0n) is 15.3. The SMILES string of the molecule is COc1ccccc1C(=O)N/N=C/c1ccc(OCc2ccc(Cl)cc2)cc1. The van der Waals surface area contributed by atoms with Crippen molar-refractivity contribution in [2.75, 3.05) is 7.11 Å². The van der Waals surface area contributed by atoms with Crippen LogP contribution in [0.5, 0.6) is 11.5 Å². The van der Waals surface area contributed by atoms with E-state index in [0.29, 0.717) is 22.9 Å². The molecule has 142 valence electrons. The third-order valence-electron chi connectivity index (χ3n) is 3.93. The van der Waals surface area contributed by atoms with Crippen LogP contribution in [-0.4, -0.2) is 19.2 Å². The summed E-state index contributed by atoms with van der Waals surface area (Å²) in [6, 6.07) is 21.9. The Bertz CT molecular complexity index is 954. The lowest BCUT2D eigenvalue weighted by atomic mass is 10.2. The van der Waals surface area contributed by atoms with Crippen LogP contribution in [0.25, 0.3) is 0 Å². The summed E-state index contributed by atoms with van der Waals surface area (Å²) >= 11 is 5.87. The highest BCUT2D eigenvalue weighted by Gasteiger charge is 2.09. The molecule has 0 bridgehead atoms. The minimum absolute atomic E-state index is 0.336. The van der Waals surface area contributed by atoms with E-state index in [1.807, 2.05) is 48.5 Å². The third-order valence-corrected chi connectivity index (χ3v) is 4.18. The Morgan fingerprint density at radius 1 is 1.04 bits per heavy atom. The largest absolute Gasteiger partial charge is 0.496 e. The van der Waals surface area contributed by atoms with Crippen LogP contribution in [0.3, 0.4) is 0 Å². The van der Waals surface area contributed by atoms with Crippen molar-refractivity contribution in [1.29, 1.82) is 0 Å². The monoisotopic (exact) mass is 394 g/mol. The highest BCUT2D eigenvalue weighted by atomic mass is 35.5. The summed E-state index contributed by atoms with van der Waals surface area (Å²) in [5.74, 6) is 0.902. The quantitative estimate of drug-likeness (QED) is 0.467. The molecule has 5 nitrogen and oxygen atoms in total. The van der Waals surface area contributed by atoms with Gasteiger partial charge in [0.15, 0.2) is 0 Å². The van der Waals surface area contributed by atoms with Crippen LogP contribution < -0.4 is 14.9 Å². The molecule has 3 aromatic carbocycles. The number of hydrazone groups is 1. The molecule has 0 heterocycles. The molecule has 0 saturated heterocycles. The molecule has 28 heavy (non-hydrogen) atoms. The molecule has 0 aromatic heterocycles. The molecule has 3 aromatic rings. The number of rotatable bonds is 7. The molecular weight excluding hydrogens is 376 g/mol. The van der Waals surface area contributed by atoms with Gasteiger partial charge in [-0.2, -0.15) is 5.10 Å². The Hall–Kier alpha value is -3.31. The molecule has 0 aliphatic rings. The predicted molar refractivity (Wildman–Crippen MR) is 110 cm³/mol. The van der Waals surface area contributed by atoms with E-state index in [9.17, 15) is 4.79 Å². The van der Waals surface area contributed by atoms with E-state index in [2.05, 4.69) is 10.5 Å². The molecule has 0 radical (unpaired) electrons. The van der Waals surface area contributed by atoms with E-state index >= 15 is 0 Å². The summed E-state index contributed by atoms with van der Waals surface area (Å²) in [6.45, 7) is 0.458. The number of amides is 1. The van der Waals surface area contributed by atoms with Crippen molar-refractivity contribution < 1.29 is 14.3 Å². The molecule has 6 heteroatoms. The van der Waals surface area contributed by atoms with E-state index in [0.717, 1.165) is 16.9 Å². The highest BCUT2D eigenvalue weighted by Crippen LogP contribution is 2.17. The van der Waals surface area contributed by atoms with Gasteiger partial charge in [-0.3, -0.25) is 4.79 Å². The molecular formula is C22H19ClN2O3. The number of hydrogen-bond donors (Lipinski definition) is 1. The Kier molecular flexibility index (Phi) is 6.65. The summed E-state index contributed by atoms with van der Waals surface area (Å²) in [6.07, 6.45) is 1.57. The van der Waals surface area contributed by atoms with Gasteiger partial charge in [-0.05, 0) is 59.7 Å². The number of hydrogen-bond acceptors (Lipinski definition) is 4. The smallest absolute Gasteiger partial charge is 0.275 e. The van der Waals surface area contributed by atoms with E-state index in [4.69, 9.17) is 21.1 Å². The van der Waals surface area contributed by atoms with Gasteiger partial charge < -0.3 is 9.47 Å². The number of para-hydroxylation sites is 1. The fourth-order valence-electron chi connectivity index (χ4n) is 2.46. The second-order valence-electron chi connectivity index (χ2n) is 5.88. The normalized spacial score (nSPS) is 10.6. The van der Waals surface area contributed by atoms with Crippen LogP contribution in [0.2, 0.25) is 5.02 Å². The van der Waals surface area contributed by atoms with Crippen molar-refractivity contribution >= 4 is 23.7 Å². The fraction of sp³-hybridized carbons (Fsp3) is 0.0909. The second-order valence-corrected chi connectivity index (χ2v) is 6.32. The van der Waals surface area contributed by atoms with Crippen LogP contribution in [0.15, 0.2) is 77.9 Å². The van der Waals surface area contributed by atoms with Crippen LogP contribution in [0.4, 0.5) is 0 Å². The molecule has 1 N–H and O–H groups in total. The number of benzene rings is 3. The Morgan fingerprint density at radius 3 is 2.46 bits per heavy atom. The standard InChI is InChI=1S/C22H19ClN2O3/c1-27-21-5-3-2-4-20(21)22(26)25-24-14-16-8-12-19(13-9-16)28-15-17-6-10-18(23)11-7-17/h2-14H,15H2,1H3,(H,25,26)/b24-14+. The minimum atomic E-state index is -0.336. The third kappa shape index (κ3) is 5.34. The molecule has 0 saturated carbocycles. The zero-order valence-corrected chi connectivity index (χ0v) is 16.0. The summed E-state index contributed by atoms with van der Waals surface area (Å²) < 4.78 is 10.9. The van der Waals surface area contributed by atoms with E-state index in [1.165, 1.54) is 7.11 Å². The van der Waals surface area contributed by atoms with Gasteiger partial charge in [0.05, 0.1) is 18.9 Å². The molecule has 1 amide bonds. The summed E-state index contributed by atoms with van der Waals surface area (Å²) in [7, 11) is 1.52. The zero-order chi connectivity index (χ0) is 19.8. The van der Waals surface area contributed by atoms with Crippen molar-refractivity contribution in [3.05, 3.63) is 94.5 Å². The van der Waals surface area contributed by atoms with E-state index in [1.54, 1.807) is 30.5 Å². The van der Waals surface area contributed by atoms with E-state index in [-0.39, 0.29) is 5.91 Å². The number of nitrogens with zero attached hydrogens (tertiary/aromatic N) is 1. The van der Waals surface area contributed by atoms with Gasteiger partial charge >= 0.3 is 0 Å². The summed E-state index contributed by atoms with van der Waals surface area (Å²) in [5, 5.41) is 4.69. The minimum Gasteiger partial charge on any atom is -0.496 e. The number of ether oxygens (including phenoxy) is 2. The average Bonchev–Trinajstić information content (AvgIpc) is 2.74. The van der Waals surface area contributed by atoms with Gasteiger partial charge in [0, 0.05) is 5.02 Å². The van der Waals surface area contributed by atoms with Crippen molar-refractivity contribution in [3.63, 3.8) is 0 Å². The predicted octanol–water partition coefficient (Wildman–Crippen LogP) is 4.69. The Labute approximate surface area is 168 Å². The first-order chi connectivity index (χ1) is 13.7. The van der Waals surface area contributed by atoms with Gasteiger partial charge in [0.25, 0.3) is 5.91 Å². The number of carbonyl (C=O) groups is 1. The first-order valence-corrected chi connectivity index (χ1v) is 8.97.